The van der Waals surface area contributed by atoms with Gasteiger partial charge in [-0.05, 0) is 49.6 Å². The van der Waals surface area contributed by atoms with Gasteiger partial charge in [-0.1, -0.05) is 6.07 Å². The van der Waals surface area contributed by atoms with Crippen LogP contribution in [-0.2, 0) is 11.2 Å². The lowest BCUT2D eigenvalue weighted by molar-refractivity contribution is -0.115. The summed E-state index contributed by atoms with van der Waals surface area (Å²) in [4.78, 5) is 35.9. The number of rotatable bonds is 6. The highest BCUT2D eigenvalue weighted by Crippen LogP contribution is 2.36. The van der Waals surface area contributed by atoms with Gasteiger partial charge in [0.15, 0.2) is 0 Å². The molecule has 1 N–H and O–H groups in total. The van der Waals surface area contributed by atoms with Crippen molar-refractivity contribution in [2.75, 3.05) is 18.4 Å². The van der Waals surface area contributed by atoms with E-state index in [4.69, 9.17) is 9.15 Å². The Bertz CT molecular complexity index is 1360. The number of amides is 2. The van der Waals surface area contributed by atoms with Crippen molar-refractivity contribution in [3.63, 3.8) is 0 Å². The Morgan fingerprint density at radius 2 is 2.06 bits per heavy atom. The molecule has 33 heavy (non-hydrogen) atoms. The van der Waals surface area contributed by atoms with E-state index in [-0.39, 0.29) is 24.2 Å². The molecule has 1 fully saturated rings. The van der Waals surface area contributed by atoms with E-state index in [1.54, 1.807) is 19.2 Å². The molecule has 1 aliphatic heterocycles. The minimum atomic E-state index is -0.206. The van der Waals surface area contributed by atoms with Gasteiger partial charge in [0.05, 0.1) is 27.2 Å². The molecule has 0 bridgehead atoms. The molecule has 168 valence electrons. The number of nitrogens with one attached hydrogen (secondary N) is 1. The summed E-state index contributed by atoms with van der Waals surface area (Å²) in [7, 11) is 0. The smallest absolute Gasteiger partial charge is 0.301 e. The van der Waals surface area contributed by atoms with Gasteiger partial charge in [0.2, 0.25) is 5.91 Å². The lowest BCUT2D eigenvalue weighted by Gasteiger charge is -2.30. The van der Waals surface area contributed by atoms with Gasteiger partial charge in [0.1, 0.15) is 17.8 Å². The first kappa shape index (κ1) is 21.1. The average Bonchev–Trinajstić information content (AvgIpc) is 3.35. The van der Waals surface area contributed by atoms with E-state index in [1.807, 2.05) is 36.1 Å². The summed E-state index contributed by atoms with van der Waals surface area (Å²) in [6, 6.07) is 9.42. The molecule has 4 aromatic rings. The van der Waals surface area contributed by atoms with Crippen LogP contribution in [0.4, 0.5) is 6.01 Å². The fourth-order valence-electron chi connectivity index (χ4n) is 3.58. The Hall–Kier alpha value is -3.72. The predicted octanol–water partition coefficient (Wildman–Crippen LogP) is 4.72. The predicted molar refractivity (Wildman–Crippen MR) is 125 cm³/mol. The molecule has 4 heterocycles. The number of aromatic nitrogens is 2. The molecule has 2 amide bonds. The van der Waals surface area contributed by atoms with Crippen LogP contribution in [0.25, 0.3) is 10.2 Å². The van der Waals surface area contributed by atoms with Gasteiger partial charge in [-0.15, -0.1) is 11.3 Å². The second kappa shape index (κ2) is 8.67. The van der Waals surface area contributed by atoms with Crippen LogP contribution in [0.2, 0.25) is 0 Å². The zero-order chi connectivity index (χ0) is 22.9. The van der Waals surface area contributed by atoms with Crippen molar-refractivity contribution in [3.05, 3.63) is 64.5 Å². The van der Waals surface area contributed by atoms with Crippen molar-refractivity contribution in [2.24, 2.45) is 0 Å². The molecule has 1 aromatic carbocycles. The number of likely N-dealkylation sites (tertiary alicyclic amines) is 1. The second-order valence-electron chi connectivity index (χ2n) is 7.99. The summed E-state index contributed by atoms with van der Waals surface area (Å²) in [6.07, 6.45) is 4.42. The van der Waals surface area contributed by atoms with Gasteiger partial charge in [0.25, 0.3) is 5.91 Å². The number of anilines is 1. The van der Waals surface area contributed by atoms with Crippen molar-refractivity contribution in [1.29, 1.82) is 0 Å². The lowest BCUT2D eigenvalue weighted by Crippen LogP contribution is -2.41. The monoisotopic (exact) mass is 462 g/mol. The zero-order valence-electron chi connectivity index (χ0n) is 18.3. The fraction of sp³-hybridized carbons (Fsp3) is 0.250. The molecule has 0 saturated carbocycles. The number of benzene rings is 1. The van der Waals surface area contributed by atoms with E-state index >= 15 is 0 Å². The van der Waals surface area contributed by atoms with E-state index in [1.165, 1.54) is 17.6 Å². The molecule has 0 unspecified atom stereocenters. The molecule has 0 radical (unpaired) electrons. The zero-order valence-corrected chi connectivity index (χ0v) is 19.1. The Morgan fingerprint density at radius 3 is 2.76 bits per heavy atom. The van der Waals surface area contributed by atoms with E-state index in [0.29, 0.717) is 22.1 Å². The number of aryl methyl sites for hydroxylation is 2. The molecule has 8 nitrogen and oxygen atoms in total. The largest absolute Gasteiger partial charge is 0.456 e. The number of fused-ring (bicyclic) bond motifs is 1. The highest BCUT2D eigenvalue weighted by atomic mass is 32.1. The van der Waals surface area contributed by atoms with Gasteiger partial charge in [-0.3, -0.25) is 19.9 Å². The van der Waals surface area contributed by atoms with Crippen LogP contribution in [0, 0.1) is 13.8 Å². The van der Waals surface area contributed by atoms with E-state index < -0.39 is 0 Å². The van der Waals surface area contributed by atoms with E-state index in [0.717, 1.165) is 40.9 Å². The second-order valence-corrected chi connectivity index (χ2v) is 9.04. The third kappa shape index (κ3) is 4.45. The topological polar surface area (TPSA) is 97.6 Å². The maximum Gasteiger partial charge on any atom is 0.301 e. The molecule has 0 spiro atoms. The Morgan fingerprint density at radius 1 is 1.21 bits per heavy atom. The lowest BCUT2D eigenvalue weighted by atomic mass is 10.1. The van der Waals surface area contributed by atoms with Crippen molar-refractivity contribution < 1.29 is 18.7 Å². The Kier molecular flexibility index (Phi) is 5.55. The van der Waals surface area contributed by atoms with Gasteiger partial charge < -0.3 is 14.1 Å². The molecule has 5 rings (SSSR count). The number of ether oxygens (including phenoxy) is 1. The normalized spacial score (nSPS) is 13.1. The summed E-state index contributed by atoms with van der Waals surface area (Å²) < 4.78 is 12.2. The third-order valence-corrected chi connectivity index (χ3v) is 6.61. The molecular weight excluding hydrogens is 440 g/mol. The number of carbonyl (C=O) groups excluding carboxylic acids is 2. The summed E-state index contributed by atoms with van der Waals surface area (Å²) in [6.45, 7) is 5.35. The van der Waals surface area contributed by atoms with Crippen LogP contribution < -0.4 is 10.1 Å². The summed E-state index contributed by atoms with van der Waals surface area (Å²) in [5.41, 5.74) is 3.25. The Balaban J connectivity index is 1.31. The molecule has 0 atom stereocenters. The number of oxazole rings is 1. The van der Waals surface area contributed by atoms with Gasteiger partial charge in [0, 0.05) is 25.4 Å². The first-order chi connectivity index (χ1) is 16.0. The summed E-state index contributed by atoms with van der Waals surface area (Å²) in [5, 5.41) is 2.66. The van der Waals surface area contributed by atoms with Crippen molar-refractivity contribution in [1.82, 2.24) is 14.9 Å². The SMILES string of the molecule is Cc1coc(NC(=O)Cc2ccc(Oc3ccnc4cc(C(=O)N5CCC5)sc34)cc2C)n1. The number of hydrogen-bond donors (Lipinski definition) is 1. The molecule has 9 heteroatoms. The highest BCUT2D eigenvalue weighted by molar-refractivity contribution is 7.21. The average molecular weight is 463 g/mol. The molecule has 1 aliphatic rings. The molecule has 3 aromatic heterocycles. The number of carbonyl (C=O) groups is 2. The van der Waals surface area contributed by atoms with Crippen LogP contribution in [-0.4, -0.2) is 39.8 Å². The maximum absolute atomic E-state index is 12.6. The minimum Gasteiger partial charge on any atom is -0.456 e. The summed E-state index contributed by atoms with van der Waals surface area (Å²) in [5.74, 6) is 1.14. The van der Waals surface area contributed by atoms with Crippen LogP contribution >= 0.6 is 11.3 Å². The quantitative estimate of drug-likeness (QED) is 0.445. The van der Waals surface area contributed by atoms with Crippen LogP contribution in [0.1, 0.15) is 32.9 Å². The van der Waals surface area contributed by atoms with Gasteiger partial charge in [-0.25, -0.2) is 0 Å². The number of nitrogens with zero attached hydrogens (tertiary/aromatic N) is 3. The highest BCUT2D eigenvalue weighted by Gasteiger charge is 2.24. The van der Waals surface area contributed by atoms with Crippen LogP contribution in [0.5, 0.6) is 11.5 Å². The number of thiophene rings is 1. The molecular formula is C24H22N4O4S. The van der Waals surface area contributed by atoms with Crippen molar-refractivity contribution in [2.45, 2.75) is 26.7 Å². The number of pyridine rings is 1. The maximum atomic E-state index is 12.6. The number of hydrogen-bond acceptors (Lipinski definition) is 7. The molecule has 0 aliphatic carbocycles. The summed E-state index contributed by atoms with van der Waals surface area (Å²) >= 11 is 1.40. The van der Waals surface area contributed by atoms with Crippen LogP contribution in [0.15, 0.2) is 47.2 Å². The van der Waals surface area contributed by atoms with Gasteiger partial charge >= 0.3 is 6.01 Å². The van der Waals surface area contributed by atoms with E-state index in [9.17, 15) is 9.59 Å². The molecule has 1 saturated heterocycles. The standard InChI is InChI=1S/C24H22N4O4S/c1-14-10-17(5-4-16(14)11-21(29)27-24-26-15(2)13-31-24)32-19-6-7-25-18-12-20(33-22(18)19)23(30)28-8-3-9-28/h4-7,10,12-13H,3,8-9,11H2,1-2H3,(H,26,27,29). The Labute approximate surface area is 194 Å². The van der Waals surface area contributed by atoms with Gasteiger partial charge in [-0.2, -0.15) is 4.98 Å². The van der Waals surface area contributed by atoms with Crippen molar-refractivity contribution in [3.8, 4) is 11.5 Å². The first-order valence-electron chi connectivity index (χ1n) is 10.6. The minimum absolute atomic E-state index is 0.0496. The van der Waals surface area contributed by atoms with Crippen molar-refractivity contribution >= 4 is 39.4 Å². The van der Waals surface area contributed by atoms with Crippen LogP contribution in [0.3, 0.4) is 0 Å². The first-order valence-corrected chi connectivity index (χ1v) is 11.4. The van der Waals surface area contributed by atoms with E-state index in [2.05, 4.69) is 15.3 Å². The third-order valence-electron chi connectivity index (χ3n) is 5.49. The fourth-order valence-corrected chi connectivity index (χ4v) is 4.61.